The Morgan fingerprint density at radius 1 is 1.24 bits per heavy atom. The van der Waals surface area contributed by atoms with Gasteiger partial charge in [-0.3, -0.25) is 9.10 Å². The number of carboxylic acids is 1. The van der Waals surface area contributed by atoms with Gasteiger partial charge in [-0.15, -0.1) is 0 Å². The molecular weight excluding hydrogens is 583 g/mol. The average molecular weight is 615 g/mol. The zero-order chi connectivity index (χ0) is 30.6. The summed E-state index contributed by atoms with van der Waals surface area (Å²) in [6, 6.07) is 14.2. The fourth-order valence-electron chi connectivity index (χ4n) is 4.64. The first-order valence-corrected chi connectivity index (χ1v) is 15.0. The molecule has 42 heavy (non-hydrogen) atoms. The molecule has 3 aromatic carbocycles. The van der Waals surface area contributed by atoms with Crippen molar-refractivity contribution in [2.75, 3.05) is 24.5 Å². The maximum Gasteiger partial charge on any atom is 0.303 e. The minimum atomic E-state index is -4.08. The molecule has 0 aromatic heterocycles. The van der Waals surface area contributed by atoms with E-state index < -0.39 is 27.9 Å². The largest absolute Gasteiger partial charge is 0.496 e. The molecule has 0 bridgehead atoms. The van der Waals surface area contributed by atoms with Crippen LogP contribution in [-0.2, 0) is 14.8 Å². The first-order chi connectivity index (χ1) is 19.9. The van der Waals surface area contributed by atoms with Crippen molar-refractivity contribution in [3.05, 3.63) is 94.4 Å². The summed E-state index contributed by atoms with van der Waals surface area (Å²) in [6.07, 6.45) is 1.26. The highest BCUT2D eigenvalue weighted by atomic mass is 35.5. The third-order valence-electron chi connectivity index (χ3n) is 6.84. The molecule has 8 nitrogen and oxygen atoms in total. The molecule has 0 saturated carbocycles. The number of hydrogen-bond donors (Lipinski definition) is 2. The van der Waals surface area contributed by atoms with Gasteiger partial charge < -0.3 is 19.9 Å². The number of allylic oxidation sites excluding steroid dienone is 2. The van der Waals surface area contributed by atoms with Gasteiger partial charge in [0, 0.05) is 17.3 Å². The average Bonchev–Trinajstić information content (AvgIpc) is 2.94. The summed E-state index contributed by atoms with van der Waals surface area (Å²) in [4.78, 5) is 11.0. The number of aryl methyl sites for hydroxylation is 1. The van der Waals surface area contributed by atoms with Crippen molar-refractivity contribution >= 4 is 44.9 Å². The van der Waals surface area contributed by atoms with Gasteiger partial charge in [-0.2, -0.15) is 0 Å². The van der Waals surface area contributed by atoms with E-state index in [-0.39, 0.29) is 41.4 Å². The number of carbonyl (C=O) groups is 1. The number of methoxy groups -OCH3 is 1. The summed E-state index contributed by atoms with van der Waals surface area (Å²) in [5.74, 6) is -0.628. The Kier molecular flexibility index (Phi) is 9.48. The predicted molar refractivity (Wildman–Crippen MR) is 162 cm³/mol. The first-order valence-electron chi connectivity index (χ1n) is 13.1. The number of ether oxygens (including phenoxy) is 2. The molecule has 11 heteroatoms. The minimum Gasteiger partial charge on any atom is -0.496 e. The second-order valence-electron chi connectivity index (χ2n) is 9.94. The van der Waals surface area contributed by atoms with Crippen molar-refractivity contribution < 1.29 is 32.2 Å². The smallest absolute Gasteiger partial charge is 0.303 e. The summed E-state index contributed by atoms with van der Waals surface area (Å²) in [5.41, 5.74) is 3.06. The fourth-order valence-corrected chi connectivity index (χ4v) is 6.47. The molecular formula is C31H32ClFN2O6S. The zero-order valence-electron chi connectivity index (χ0n) is 23.5. The molecule has 0 fully saturated rings. The van der Waals surface area contributed by atoms with E-state index in [2.05, 4.69) is 11.9 Å². The van der Waals surface area contributed by atoms with E-state index in [1.807, 2.05) is 6.92 Å². The van der Waals surface area contributed by atoms with E-state index in [1.54, 1.807) is 43.3 Å². The summed E-state index contributed by atoms with van der Waals surface area (Å²) >= 11 is 6.26. The number of aliphatic carboxylic acids is 1. The lowest BCUT2D eigenvalue weighted by molar-refractivity contribution is -0.136. The van der Waals surface area contributed by atoms with Crippen LogP contribution in [0.4, 0.5) is 10.1 Å². The lowest BCUT2D eigenvalue weighted by Gasteiger charge is -2.36. The molecule has 0 unspecified atom stereocenters. The normalized spacial score (nSPS) is 15.0. The molecule has 0 aliphatic carbocycles. The first kappa shape index (κ1) is 30.9. The van der Waals surface area contributed by atoms with E-state index in [0.29, 0.717) is 34.0 Å². The molecule has 0 spiro atoms. The summed E-state index contributed by atoms with van der Waals surface area (Å²) < 4.78 is 55.5. The van der Waals surface area contributed by atoms with E-state index in [9.17, 15) is 17.6 Å². The molecule has 1 atom stereocenters. The van der Waals surface area contributed by atoms with Crippen molar-refractivity contribution in [2.45, 2.75) is 37.7 Å². The number of anilines is 1. The Bertz CT molecular complexity index is 1640. The number of benzene rings is 3. The lowest BCUT2D eigenvalue weighted by atomic mass is 10.0. The third kappa shape index (κ3) is 6.88. The van der Waals surface area contributed by atoms with E-state index in [0.717, 1.165) is 5.56 Å². The number of sulfonamides is 1. The van der Waals surface area contributed by atoms with Crippen molar-refractivity contribution in [1.82, 2.24) is 5.32 Å². The van der Waals surface area contributed by atoms with Crippen molar-refractivity contribution in [3.63, 3.8) is 0 Å². The Labute approximate surface area is 250 Å². The van der Waals surface area contributed by atoms with Gasteiger partial charge in [0.1, 0.15) is 23.4 Å². The Morgan fingerprint density at radius 2 is 2.00 bits per heavy atom. The molecule has 0 radical (unpaired) electrons. The number of nitrogens with one attached hydrogen (secondary N) is 1. The van der Waals surface area contributed by atoms with Crippen LogP contribution in [0.2, 0.25) is 5.02 Å². The van der Waals surface area contributed by atoms with Crippen LogP contribution in [0.15, 0.2) is 71.8 Å². The molecule has 3 aromatic rings. The SMILES string of the molecule is C=C(CCC(=O)O)NC[C@H]1CN(S(=O)(=O)c2ccc(C)c(OC)c2)c2cc(/C=C(\C)c3c(F)cccc3Cl)ccc2O1. The topological polar surface area (TPSA) is 105 Å². The van der Waals surface area contributed by atoms with Crippen LogP contribution in [0.25, 0.3) is 11.6 Å². The van der Waals surface area contributed by atoms with Gasteiger partial charge in [0.15, 0.2) is 0 Å². The number of rotatable bonds is 11. The van der Waals surface area contributed by atoms with Crippen molar-refractivity contribution in [3.8, 4) is 11.5 Å². The minimum absolute atomic E-state index is 0.0317. The van der Waals surface area contributed by atoms with Crippen molar-refractivity contribution in [2.24, 2.45) is 0 Å². The highest BCUT2D eigenvalue weighted by Crippen LogP contribution is 2.39. The van der Waals surface area contributed by atoms with E-state index in [1.165, 1.54) is 35.7 Å². The van der Waals surface area contributed by atoms with Crippen LogP contribution < -0.4 is 19.1 Å². The fraction of sp³-hybridized carbons (Fsp3) is 0.258. The van der Waals surface area contributed by atoms with Gasteiger partial charge in [0.25, 0.3) is 10.0 Å². The predicted octanol–water partition coefficient (Wildman–Crippen LogP) is 6.28. The van der Waals surface area contributed by atoms with Gasteiger partial charge in [-0.05, 0) is 67.3 Å². The maximum atomic E-state index is 14.5. The van der Waals surface area contributed by atoms with Crippen molar-refractivity contribution in [1.29, 1.82) is 0 Å². The molecule has 0 saturated heterocycles. The quantitative estimate of drug-likeness (QED) is 0.245. The Morgan fingerprint density at radius 3 is 2.69 bits per heavy atom. The number of carboxylic acid groups (broad SMARTS) is 1. The van der Waals surface area contributed by atoms with Gasteiger partial charge in [-0.25, -0.2) is 12.8 Å². The third-order valence-corrected chi connectivity index (χ3v) is 8.93. The number of halogens is 2. The summed E-state index contributed by atoms with van der Waals surface area (Å²) in [6.45, 7) is 7.58. The number of hydrogen-bond acceptors (Lipinski definition) is 6. The van der Waals surface area contributed by atoms with Gasteiger partial charge in [0.2, 0.25) is 0 Å². The zero-order valence-corrected chi connectivity index (χ0v) is 25.1. The van der Waals surface area contributed by atoms with Crippen LogP contribution in [0.3, 0.4) is 0 Å². The van der Waals surface area contributed by atoms with Crippen LogP contribution in [0, 0.1) is 12.7 Å². The molecule has 1 aliphatic heterocycles. The molecule has 4 rings (SSSR count). The molecule has 1 heterocycles. The summed E-state index contributed by atoms with van der Waals surface area (Å²) in [5, 5.41) is 12.3. The van der Waals surface area contributed by atoms with Crippen LogP contribution in [0.5, 0.6) is 11.5 Å². The van der Waals surface area contributed by atoms with Gasteiger partial charge in [0.05, 0.1) is 42.2 Å². The maximum absolute atomic E-state index is 14.5. The van der Waals surface area contributed by atoms with Crippen LogP contribution in [-0.4, -0.2) is 45.8 Å². The standard InChI is InChI=1S/C31H32ClFN2O6S/c1-19-8-11-24(16-29(19)40-4)42(38,39)35-18-23(17-34-21(3)9-13-30(36)37)41-28-12-10-22(15-27(28)35)14-20(2)31-25(32)6-5-7-26(31)33/h5-8,10-12,14-16,23,34H,3,9,13,17-18H2,1-2,4H3,(H,36,37)/b20-14+/t23-/m0/s1. The Balaban J connectivity index is 1.72. The van der Waals surface area contributed by atoms with E-state index in [4.69, 9.17) is 26.2 Å². The Hall–Kier alpha value is -4.02. The highest BCUT2D eigenvalue weighted by Gasteiger charge is 2.35. The van der Waals surface area contributed by atoms with Gasteiger partial charge >= 0.3 is 5.97 Å². The highest BCUT2D eigenvalue weighted by molar-refractivity contribution is 7.92. The lowest BCUT2D eigenvalue weighted by Crippen LogP contribution is -2.47. The second-order valence-corrected chi connectivity index (χ2v) is 12.2. The van der Waals surface area contributed by atoms with E-state index >= 15 is 0 Å². The van der Waals surface area contributed by atoms with Crippen LogP contribution >= 0.6 is 11.6 Å². The van der Waals surface area contributed by atoms with Gasteiger partial charge in [-0.1, -0.05) is 42.5 Å². The monoisotopic (exact) mass is 614 g/mol. The number of fused-ring (bicyclic) bond motifs is 1. The molecule has 1 aliphatic rings. The molecule has 2 N–H and O–H groups in total. The van der Waals surface area contributed by atoms with Crippen LogP contribution in [0.1, 0.15) is 36.5 Å². The summed E-state index contributed by atoms with van der Waals surface area (Å²) in [7, 11) is -2.61. The molecule has 0 amide bonds. The number of nitrogens with zero attached hydrogens (tertiary/aromatic N) is 1. The second kappa shape index (κ2) is 12.9. The molecule has 222 valence electrons.